The van der Waals surface area contributed by atoms with Crippen LogP contribution in [0.3, 0.4) is 0 Å². The van der Waals surface area contributed by atoms with Crippen LogP contribution >= 0.6 is 12.2 Å². The van der Waals surface area contributed by atoms with Crippen LogP contribution in [0.2, 0.25) is 0 Å². The normalized spacial score (nSPS) is 18.5. The van der Waals surface area contributed by atoms with Crippen LogP contribution in [-0.4, -0.2) is 30.8 Å². The maximum atomic E-state index is 12.2. The monoisotopic (exact) mass is 258 g/mol. The van der Waals surface area contributed by atoms with Crippen molar-refractivity contribution in [3.05, 3.63) is 23.0 Å². The van der Waals surface area contributed by atoms with Crippen LogP contribution in [0.1, 0.15) is 19.3 Å². The van der Waals surface area contributed by atoms with E-state index in [0.717, 1.165) is 19.3 Å². The van der Waals surface area contributed by atoms with Gasteiger partial charge >= 0.3 is 0 Å². The zero-order valence-corrected chi connectivity index (χ0v) is 10.5. The van der Waals surface area contributed by atoms with E-state index in [1.54, 1.807) is 12.3 Å². The molecule has 0 saturated carbocycles. The van der Waals surface area contributed by atoms with Gasteiger partial charge in [0.05, 0.1) is 4.51 Å². The van der Waals surface area contributed by atoms with Crippen molar-refractivity contribution >= 4 is 22.2 Å². The average molecular weight is 258 g/mol. The molecule has 0 spiro atoms. The Balaban J connectivity index is 2.39. The van der Waals surface area contributed by atoms with Crippen molar-refractivity contribution in [2.45, 2.75) is 24.2 Å². The fraction of sp³-hybridized carbons (Fsp3) is 0.500. The van der Waals surface area contributed by atoms with Crippen molar-refractivity contribution in [3.63, 3.8) is 0 Å². The predicted molar refractivity (Wildman–Crippen MR) is 64.2 cm³/mol. The number of hydrogen-bond acceptors (Lipinski definition) is 3. The molecule has 1 aromatic heterocycles. The van der Waals surface area contributed by atoms with Crippen LogP contribution in [0.4, 0.5) is 0 Å². The van der Waals surface area contributed by atoms with Gasteiger partial charge in [0.1, 0.15) is 4.90 Å². The number of sulfonamides is 1. The van der Waals surface area contributed by atoms with E-state index in [2.05, 4.69) is 4.98 Å². The summed E-state index contributed by atoms with van der Waals surface area (Å²) >= 11 is 5.04. The molecule has 1 aromatic rings. The number of aromatic nitrogens is 1. The second-order valence-corrected chi connectivity index (χ2v) is 6.18. The second-order valence-electron chi connectivity index (χ2n) is 3.84. The van der Waals surface area contributed by atoms with Crippen LogP contribution in [-0.2, 0) is 10.0 Å². The quantitative estimate of drug-likeness (QED) is 0.825. The Labute approximate surface area is 100 Å². The third kappa shape index (κ3) is 2.18. The first-order chi connectivity index (χ1) is 7.62. The molecule has 0 unspecified atom stereocenters. The van der Waals surface area contributed by atoms with E-state index < -0.39 is 10.0 Å². The highest BCUT2D eigenvalue weighted by molar-refractivity contribution is 7.89. The highest BCUT2D eigenvalue weighted by Crippen LogP contribution is 2.20. The molecule has 1 aliphatic rings. The number of nitrogens with zero attached hydrogens (tertiary/aromatic N) is 1. The number of piperidine rings is 1. The minimum Gasteiger partial charge on any atom is -0.366 e. The molecule has 16 heavy (non-hydrogen) atoms. The van der Waals surface area contributed by atoms with Gasteiger partial charge in [-0.1, -0.05) is 18.6 Å². The van der Waals surface area contributed by atoms with Crippen molar-refractivity contribution < 1.29 is 8.42 Å². The molecule has 1 aliphatic heterocycles. The summed E-state index contributed by atoms with van der Waals surface area (Å²) < 4.78 is 26.4. The van der Waals surface area contributed by atoms with Crippen molar-refractivity contribution in [2.75, 3.05) is 13.1 Å². The molecule has 0 bridgehead atoms. The highest BCUT2D eigenvalue weighted by atomic mass is 32.2. The Morgan fingerprint density at radius 3 is 2.56 bits per heavy atom. The second kappa shape index (κ2) is 4.65. The minimum atomic E-state index is -3.39. The molecule has 1 saturated heterocycles. The Kier molecular flexibility index (Phi) is 3.41. The standard InChI is InChI=1S/C10H14N2O2S2/c13-16(14,12-6-2-1-3-7-12)10-8-11-5-4-9(10)15/h4-5,8H,1-3,6-7H2,(H,11,15). The summed E-state index contributed by atoms with van der Waals surface area (Å²) in [6.07, 6.45) is 6.07. The van der Waals surface area contributed by atoms with Gasteiger partial charge in [0.2, 0.25) is 10.0 Å². The molecule has 0 aromatic carbocycles. The molecule has 0 amide bonds. The first-order valence-corrected chi connectivity index (χ1v) is 7.14. The Bertz CT molecular complexity index is 516. The summed E-state index contributed by atoms with van der Waals surface area (Å²) in [7, 11) is -3.39. The first-order valence-electron chi connectivity index (χ1n) is 5.29. The van der Waals surface area contributed by atoms with Gasteiger partial charge in [-0.05, 0) is 18.9 Å². The van der Waals surface area contributed by atoms with Gasteiger partial charge in [-0.3, -0.25) is 0 Å². The molecule has 88 valence electrons. The molecule has 4 nitrogen and oxygen atoms in total. The summed E-state index contributed by atoms with van der Waals surface area (Å²) in [6.45, 7) is 1.21. The van der Waals surface area contributed by atoms with Crippen LogP contribution < -0.4 is 0 Å². The molecule has 0 aliphatic carbocycles. The van der Waals surface area contributed by atoms with Crippen molar-refractivity contribution in [1.29, 1.82) is 0 Å². The van der Waals surface area contributed by atoms with Gasteiger partial charge in [-0.25, -0.2) is 8.42 Å². The van der Waals surface area contributed by atoms with Gasteiger partial charge in [-0.2, -0.15) is 4.31 Å². The van der Waals surface area contributed by atoms with E-state index in [1.807, 2.05) is 0 Å². The number of hydrogen-bond donors (Lipinski definition) is 1. The summed E-state index contributed by atoms with van der Waals surface area (Å²) in [5, 5.41) is 0. The highest BCUT2D eigenvalue weighted by Gasteiger charge is 2.26. The van der Waals surface area contributed by atoms with E-state index in [0.29, 0.717) is 17.6 Å². The number of aromatic amines is 1. The van der Waals surface area contributed by atoms with E-state index in [4.69, 9.17) is 12.2 Å². The first kappa shape index (κ1) is 11.8. The van der Waals surface area contributed by atoms with E-state index in [9.17, 15) is 8.42 Å². The minimum absolute atomic E-state index is 0.215. The van der Waals surface area contributed by atoms with E-state index in [1.165, 1.54) is 10.5 Å². The summed E-state index contributed by atoms with van der Waals surface area (Å²) in [4.78, 5) is 2.99. The SMILES string of the molecule is O=S(=O)(c1c[nH]ccc1=S)N1CCCCC1. The molecule has 2 heterocycles. The molecule has 1 N–H and O–H groups in total. The Morgan fingerprint density at radius 1 is 1.25 bits per heavy atom. The zero-order chi connectivity index (χ0) is 11.6. The van der Waals surface area contributed by atoms with E-state index in [-0.39, 0.29) is 4.90 Å². The average Bonchev–Trinajstić information content (AvgIpc) is 2.30. The van der Waals surface area contributed by atoms with Crippen LogP contribution in [0.25, 0.3) is 0 Å². The fourth-order valence-electron chi connectivity index (χ4n) is 1.85. The van der Waals surface area contributed by atoms with Crippen molar-refractivity contribution in [2.24, 2.45) is 0 Å². The lowest BCUT2D eigenvalue weighted by atomic mass is 10.2. The lowest BCUT2D eigenvalue weighted by Crippen LogP contribution is -2.35. The predicted octanol–water partition coefficient (Wildman–Crippen LogP) is 1.92. The van der Waals surface area contributed by atoms with Gasteiger partial charge in [0.25, 0.3) is 0 Å². The smallest absolute Gasteiger partial charge is 0.245 e. The van der Waals surface area contributed by atoms with Gasteiger partial charge in [0, 0.05) is 25.5 Å². The van der Waals surface area contributed by atoms with E-state index >= 15 is 0 Å². The number of rotatable bonds is 2. The lowest BCUT2D eigenvalue weighted by Gasteiger charge is -2.25. The number of H-pyrrole nitrogens is 1. The number of nitrogens with one attached hydrogen (secondary N) is 1. The third-order valence-electron chi connectivity index (χ3n) is 2.72. The van der Waals surface area contributed by atoms with Gasteiger partial charge in [0.15, 0.2) is 0 Å². The largest absolute Gasteiger partial charge is 0.366 e. The van der Waals surface area contributed by atoms with Crippen LogP contribution in [0.5, 0.6) is 0 Å². The molecule has 0 atom stereocenters. The third-order valence-corrected chi connectivity index (χ3v) is 5.14. The molecule has 0 radical (unpaired) electrons. The lowest BCUT2D eigenvalue weighted by molar-refractivity contribution is 0.346. The maximum Gasteiger partial charge on any atom is 0.245 e. The summed E-state index contributed by atoms with van der Waals surface area (Å²) in [5.74, 6) is 0. The molecule has 6 heteroatoms. The molecule has 2 rings (SSSR count). The molecule has 1 fully saturated rings. The number of pyridine rings is 1. The Hall–Kier alpha value is -0.720. The molecular weight excluding hydrogens is 244 g/mol. The fourth-order valence-corrected chi connectivity index (χ4v) is 3.85. The molecular formula is C10H14N2O2S2. The van der Waals surface area contributed by atoms with Gasteiger partial charge < -0.3 is 4.98 Å². The van der Waals surface area contributed by atoms with Gasteiger partial charge in [-0.15, -0.1) is 0 Å². The maximum absolute atomic E-state index is 12.2. The summed E-state index contributed by atoms with van der Waals surface area (Å²) in [6, 6.07) is 1.60. The van der Waals surface area contributed by atoms with Crippen molar-refractivity contribution in [1.82, 2.24) is 9.29 Å². The van der Waals surface area contributed by atoms with Crippen LogP contribution in [0.15, 0.2) is 23.4 Å². The zero-order valence-electron chi connectivity index (χ0n) is 8.85. The summed E-state index contributed by atoms with van der Waals surface area (Å²) in [5.41, 5.74) is 0. The Morgan fingerprint density at radius 2 is 1.94 bits per heavy atom. The van der Waals surface area contributed by atoms with Crippen LogP contribution in [0, 0.1) is 4.51 Å². The topological polar surface area (TPSA) is 53.2 Å². The van der Waals surface area contributed by atoms with Crippen molar-refractivity contribution in [3.8, 4) is 0 Å².